The number of carbonyl (C=O) groups is 1. The minimum Gasteiger partial charge on any atom is -0.376 e. The summed E-state index contributed by atoms with van der Waals surface area (Å²) >= 11 is 0. The zero-order valence-corrected chi connectivity index (χ0v) is 14.5. The Kier molecular flexibility index (Phi) is 4.83. The van der Waals surface area contributed by atoms with E-state index in [0.717, 1.165) is 44.7 Å². The molecule has 2 aliphatic rings. The number of rotatable bonds is 5. The molecule has 1 amide bonds. The fourth-order valence-electron chi connectivity index (χ4n) is 3.89. The molecule has 5 heteroatoms. The van der Waals surface area contributed by atoms with E-state index in [9.17, 15) is 4.79 Å². The second-order valence-corrected chi connectivity index (χ2v) is 7.07. The van der Waals surface area contributed by atoms with Crippen LogP contribution in [0.3, 0.4) is 0 Å². The van der Waals surface area contributed by atoms with Crippen LogP contribution in [0.1, 0.15) is 30.7 Å². The lowest BCUT2D eigenvalue weighted by molar-refractivity contribution is -0.138. The molecule has 0 bridgehead atoms. The van der Waals surface area contributed by atoms with Crippen LogP contribution in [0.4, 0.5) is 0 Å². The number of imidazole rings is 1. The van der Waals surface area contributed by atoms with Crippen LogP contribution in [0, 0.1) is 5.92 Å². The monoisotopic (exact) mass is 339 g/mol. The Morgan fingerprint density at radius 1 is 1.28 bits per heavy atom. The number of aryl methyl sites for hydroxylation is 1. The third-order valence-corrected chi connectivity index (χ3v) is 5.27. The number of ether oxygens (including phenoxy) is 1. The van der Waals surface area contributed by atoms with Crippen LogP contribution < -0.4 is 0 Å². The van der Waals surface area contributed by atoms with Gasteiger partial charge in [-0.2, -0.15) is 0 Å². The molecule has 2 atom stereocenters. The van der Waals surface area contributed by atoms with E-state index >= 15 is 0 Å². The van der Waals surface area contributed by atoms with Crippen molar-refractivity contribution < 1.29 is 9.53 Å². The van der Waals surface area contributed by atoms with Crippen LogP contribution >= 0.6 is 0 Å². The van der Waals surface area contributed by atoms with Gasteiger partial charge in [-0.3, -0.25) is 4.79 Å². The number of carbonyl (C=O) groups excluding carboxylic acids is 1. The van der Waals surface area contributed by atoms with Gasteiger partial charge >= 0.3 is 0 Å². The Hall–Kier alpha value is -2.14. The van der Waals surface area contributed by atoms with Gasteiger partial charge in [0.2, 0.25) is 5.91 Å². The lowest BCUT2D eigenvalue weighted by Gasteiger charge is -2.31. The topological polar surface area (TPSA) is 47.4 Å². The highest BCUT2D eigenvalue weighted by molar-refractivity contribution is 5.79. The molecule has 2 aliphatic heterocycles. The highest BCUT2D eigenvalue weighted by atomic mass is 16.5. The van der Waals surface area contributed by atoms with Crippen molar-refractivity contribution in [3.63, 3.8) is 0 Å². The maximum atomic E-state index is 13.3. The number of hydrogen-bond donors (Lipinski definition) is 0. The zero-order valence-electron chi connectivity index (χ0n) is 14.5. The maximum absolute atomic E-state index is 13.3. The highest BCUT2D eigenvalue weighted by Gasteiger charge is 2.31. The fourth-order valence-corrected chi connectivity index (χ4v) is 3.89. The first-order chi connectivity index (χ1) is 12.3. The van der Waals surface area contributed by atoms with Crippen molar-refractivity contribution >= 4 is 5.91 Å². The molecule has 1 fully saturated rings. The molecule has 4 rings (SSSR count). The third-order valence-electron chi connectivity index (χ3n) is 5.27. The molecule has 0 saturated carbocycles. The van der Waals surface area contributed by atoms with Crippen LogP contribution in [0.5, 0.6) is 0 Å². The van der Waals surface area contributed by atoms with Crippen LogP contribution in [-0.4, -0.2) is 39.6 Å². The predicted octanol–water partition coefficient (Wildman–Crippen LogP) is 2.65. The van der Waals surface area contributed by atoms with E-state index in [1.165, 1.54) is 5.56 Å². The molecular weight excluding hydrogens is 314 g/mol. The second kappa shape index (κ2) is 7.40. The van der Waals surface area contributed by atoms with Crippen LogP contribution in [0.2, 0.25) is 0 Å². The Balaban J connectivity index is 1.49. The number of hydrogen-bond acceptors (Lipinski definition) is 3. The van der Waals surface area contributed by atoms with E-state index in [2.05, 4.69) is 21.7 Å². The quantitative estimate of drug-likeness (QED) is 0.841. The van der Waals surface area contributed by atoms with Gasteiger partial charge in [0, 0.05) is 51.0 Å². The lowest BCUT2D eigenvalue weighted by Crippen LogP contribution is -2.42. The average Bonchev–Trinajstić information content (AvgIpc) is 3.32. The van der Waals surface area contributed by atoms with E-state index in [-0.39, 0.29) is 17.9 Å². The van der Waals surface area contributed by atoms with Gasteiger partial charge in [-0.05, 0) is 24.8 Å². The molecule has 1 saturated heterocycles. The van der Waals surface area contributed by atoms with E-state index in [4.69, 9.17) is 4.74 Å². The lowest BCUT2D eigenvalue weighted by atomic mass is 9.95. The summed E-state index contributed by atoms with van der Waals surface area (Å²) in [6.45, 7) is 3.05. The summed E-state index contributed by atoms with van der Waals surface area (Å²) in [6, 6.07) is 10.2. The Morgan fingerprint density at radius 2 is 2.16 bits per heavy atom. The molecule has 1 aromatic carbocycles. The van der Waals surface area contributed by atoms with Crippen molar-refractivity contribution in [3.8, 4) is 0 Å². The molecular formula is C20H25N3O2. The molecule has 0 N–H and O–H groups in total. The summed E-state index contributed by atoms with van der Waals surface area (Å²) in [7, 11) is 0. The van der Waals surface area contributed by atoms with Gasteiger partial charge in [-0.15, -0.1) is 0 Å². The second-order valence-electron chi connectivity index (χ2n) is 7.07. The Morgan fingerprint density at radius 3 is 2.96 bits per heavy atom. The van der Waals surface area contributed by atoms with Gasteiger partial charge < -0.3 is 14.2 Å². The summed E-state index contributed by atoms with van der Waals surface area (Å²) in [5.74, 6) is 1.30. The van der Waals surface area contributed by atoms with Crippen molar-refractivity contribution in [3.05, 3.63) is 54.1 Å². The van der Waals surface area contributed by atoms with E-state index in [1.807, 2.05) is 35.5 Å². The number of nitrogens with zero attached hydrogens (tertiary/aromatic N) is 3. The van der Waals surface area contributed by atoms with Crippen molar-refractivity contribution in [1.29, 1.82) is 0 Å². The van der Waals surface area contributed by atoms with Crippen molar-refractivity contribution in [2.45, 2.75) is 44.9 Å². The van der Waals surface area contributed by atoms with Gasteiger partial charge in [-0.1, -0.05) is 30.3 Å². The minimum absolute atomic E-state index is 0.0278. The Bertz CT molecular complexity index is 707. The summed E-state index contributed by atoms with van der Waals surface area (Å²) in [6.07, 6.45) is 7.78. The van der Waals surface area contributed by atoms with Gasteiger partial charge in [0.05, 0.1) is 6.10 Å². The molecule has 5 nitrogen and oxygen atoms in total. The van der Waals surface area contributed by atoms with Crippen molar-refractivity contribution in [2.75, 3.05) is 13.2 Å². The summed E-state index contributed by atoms with van der Waals surface area (Å²) < 4.78 is 7.95. The van der Waals surface area contributed by atoms with Crippen molar-refractivity contribution in [2.24, 2.45) is 5.92 Å². The first kappa shape index (κ1) is 16.3. The smallest absolute Gasteiger partial charge is 0.226 e. The van der Waals surface area contributed by atoms with Gasteiger partial charge in [0.25, 0.3) is 0 Å². The predicted molar refractivity (Wildman–Crippen MR) is 94.9 cm³/mol. The molecule has 0 unspecified atom stereocenters. The van der Waals surface area contributed by atoms with Gasteiger partial charge in [0.15, 0.2) is 0 Å². The summed E-state index contributed by atoms with van der Waals surface area (Å²) in [5.41, 5.74) is 1.17. The molecule has 0 aliphatic carbocycles. The molecule has 0 spiro atoms. The van der Waals surface area contributed by atoms with Gasteiger partial charge in [-0.25, -0.2) is 4.98 Å². The first-order valence-electron chi connectivity index (χ1n) is 9.24. The SMILES string of the molecule is O=C([C@@H]1CCn2ccnc2C1)N(Cc1ccccc1)C[C@H]1CCCO1. The van der Waals surface area contributed by atoms with Crippen molar-refractivity contribution in [1.82, 2.24) is 14.5 Å². The molecule has 2 aromatic rings. The summed E-state index contributed by atoms with van der Waals surface area (Å²) in [5, 5.41) is 0. The molecule has 1 aromatic heterocycles. The maximum Gasteiger partial charge on any atom is 0.226 e. The van der Waals surface area contributed by atoms with E-state index in [0.29, 0.717) is 13.1 Å². The number of benzene rings is 1. The number of fused-ring (bicyclic) bond motifs is 1. The third kappa shape index (κ3) is 3.76. The minimum atomic E-state index is 0.0278. The Labute approximate surface area is 148 Å². The van der Waals surface area contributed by atoms with Crippen LogP contribution in [0.15, 0.2) is 42.7 Å². The zero-order chi connectivity index (χ0) is 17.1. The molecule has 3 heterocycles. The largest absolute Gasteiger partial charge is 0.376 e. The highest BCUT2D eigenvalue weighted by Crippen LogP contribution is 2.23. The number of amides is 1. The average molecular weight is 339 g/mol. The normalized spacial score (nSPS) is 22.6. The first-order valence-corrected chi connectivity index (χ1v) is 9.24. The molecule has 132 valence electrons. The fraction of sp³-hybridized carbons (Fsp3) is 0.500. The standard InChI is InChI=1S/C20H25N3O2/c24-20(17-8-10-22-11-9-21-19(22)13-17)23(15-18-7-4-12-25-18)14-16-5-2-1-3-6-16/h1-3,5-6,9,11,17-18H,4,7-8,10,12-15H2/t17-,18-/m1/s1. The van der Waals surface area contributed by atoms with Gasteiger partial charge in [0.1, 0.15) is 5.82 Å². The summed E-state index contributed by atoms with van der Waals surface area (Å²) in [4.78, 5) is 19.7. The molecule has 25 heavy (non-hydrogen) atoms. The van der Waals surface area contributed by atoms with Crippen LogP contribution in [0.25, 0.3) is 0 Å². The van der Waals surface area contributed by atoms with E-state index < -0.39 is 0 Å². The number of aromatic nitrogens is 2. The van der Waals surface area contributed by atoms with E-state index in [1.54, 1.807) is 0 Å². The molecule has 0 radical (unpaired) electrons. The van der Waals surface area contributed by atoms with Crippen LogP contribution in [-0.2, 0) is 29.0 Å².